The van der Waals surface area contributed by atoms with Gasteiger partial charge in [0.25, 0.3) is 5.91 Å². The number of hydrogen-bond donors (Lipinski definition) is 2. The van der Waals surface area contributed by atoms with Crippen LogP contribution in [0.3, 0.4) is 0 Å². The molecule has 2 aromatic carbocycles. The van der Waals surface area contributed by atoms with Crippen LogP contribution in [-0.4, -0.2) is 47.9 Å². The third-order valence-electron chi connectivity index (χ3n) is 8.12. The summed E-state index contributed by atoms with van der Waals surface area (Å²) in [5.41, 5.74) is 3.10. The number of carboxylic acid groups (broad SMARTS) is 1. The van der Waals surface area contributed by atoms with Crippen molar-refractivity contribution in [3.63, 3.8) is 0 Å². The third-order valence-corrected chi connectivity index (χ3v) is 9.44. The average molecular weight is 626 g/mol. The topological polar surface area (TPSA) is 112 Å². The average Bonchev–Trinajstić information content (AvgIpc) is 3.58. The number of hydrogen-bond acceptors (Lipinski definition) is 7. The molecule has 1 amide bonds. The van der Waals surface area contributed by atoms with Crippen LogP contribution < -0.4 is 19.5 Å². The summed E-state index contributed by atoms with van der Waals surface area (Å²) in [6, 6.07) is 8.85. The Morgan fingerprint density at radius 1 is 1.05 bits per heavy atom. The molecular weight excluding hydrogens is 590 g/mol. The van der Waals surface area contributed by atoms with Crippen LogP contribution in [-0.2, 0) is 17.8 Å². The second kappa shape index (κ2) is 13.3. The van der Waals surface area contributed by atoms with Gasteiger partial charge in [0.05, 0.1) is 37.6 Å². The summed E-state index contributed by atoms with van der Waals surface area (Å²) in [5, 5.41) is 14.1. The summed E-state index contributed by atoms with van der Waals surface area (Å²) in [7, 11) is 4.68. The minimum atomic E-state index is -1.06. The fourth-order valence-electron chi connectivity index (χ4n) is 6.00. The van der Waals surface area contributed by atoms with Crippen molar-refractivity contribution >= 4 is 50.8 Å². The normalized spacial score (nSPS) is 13.7. The Bertz CT molecular complexity index is 1660. The third kappa shape index (κ3) is 6.45. The van der Waals surface area contributed by atoms with Gasteiger partial charge in [0.1, 0.15) is 29.5 Å². The largest absolute Gasteiger partial charge is 0.496 e. The standard InChI is InChI=1S/C32H36ClN3O6S/c1-18-10-12-24(40-2)21-14-23(36(30(18)21)17-28(37)38)31(39)35-32-34-29(20-15-26(42-4)22(33)16-25(20)41-3)27(43-32)13-11-19-8-6-5-7-9-19/h10,12,14-16,19H,5-9,11,13,17H2,1-4H3,(H,37,38)(H,34,35,39). The van der Waals surface area contributed by atoms with E-state index in [1.54, 1.807) is 33.5 Å². The molecule has 0 bridgehead atoms. The lowest BCUT2D eigenvalue weighted by Crippen LogP contribution is -2.20. The van der Waals surface area contributed by atoms with Gasteiger partial charge < -0.3 is 23.9 Å². The fourth-order valence-corrected chi connectivity index (χ4v) is 7.22. The molecule has 4 aromatic rings. The number of rotatable bonds is 11. The smallest absolute Gasteiger partial charge is 0.323 e. The molecule has 2 N–H and O–H groups in total. The number of carboxylic acids is 1. The Balaban J connectivity index is 1.55. The Labute approximate surface area is 259 Å². The Morgan fingerprint density at radius 3 is 2.44 bits per heavy atom. The summed E-state index contributed by atoms with van der Waals surface area (Å²) < 4.78 is 18.2. The molecule has 1 fully saturated rings. The zero-order valence-electron chi connectivity index (χ0n) is 24.8. The van der Waals surface area contributed by atoms with Crippen molar-refractivity contribution < 1.29 is 28.9 Å². The highest BCUT2D eigenvalue weighted by Gasteiger charge is 2.25. The van der Waals surface area contributed by atoms with E-state index >= 15 is 0 Å². The van der Waals surface area contributed by atoms with E-state index in [1.807, 2.05) is 25.1 Å². The SMILES string of the molecule is COc1cc(-c2nc(NC(=O)c3cc4c(OC)ccc(C)c4n3CC(=O)O)sc2CCC2CCCCC2)c(OC)cc1Cl. The van der Waals surface area contributed by atoms with Crippen LogP contribution in [0.5, 0.6) is 17.2 Å². The molecule has 11 heteroatoms. The molecular formula is C32H36ClN3O6S. The lowest BCUT2D eigenvalue weighted by Gasteiger charge is -2.21. The molecule has 2 heterocycles. The highest BCUT2D eigenvalue weighted by atomic mass is 35.5. The summed E-state index contributed by atoms with van der Waals surface area (Å²) in [5.74, 6) is 0.754. The first kappa shape index (κ1) is 30.7. The summed E-state index contributed by atoms with van der Waals surface area (Å²) in [4.78, 5) is 31.5. The summed E-state index contributed by atoms with van der Waals surface area (Å²) in [6.07, 6.45) is 8.11. The number of nitrogens with one attached hydrogen (secondary N) is 1. The van der Waals surface area contributed by atoms with Crippen molar-refractivity contribution in [1.29, 1.82) is 0 Å². The van der Waals surface area contributed by atoms with Crippen molar-refractivity contribution in [2.75, 3.05) is 26.6 Å². The van der Waals surface area contributed by atoms with Gasteiger partial charge >= 0.3 is 5.97 Å². The molecule has 43 heavy (non-hydrogen) atoms. The number of carbonyl (C=O) groups is 2. The van der Waals surface area contributed by atoms with Crippen LogP contribution in [0.25, 0.3) is 22.2 Å². The molecule has 1 saturated carbocycles. The van der Waals surface area contributed by atoms with Crippen LogP contribution >= 0.6 is 22.9 Å². The molecule has 0 radical (unpaired) electrons. The van der Waals surface area contributed by atoms with Gasteiger partial charge in [-0.15, -0.1) is 11.3 Å². The number of carbonyl (C=O) groups excluding carboxylic acids is 1. The molecule has 2 aromatic heterocycles. The zero-order chi connectivity index (χ0) is 30.7. The molecule has 0 aliphatic heterocycles. The first-order valence-corrected chi connectivity index (χ1v) is 15.5. The lowest BCUT2D eigenvalue weighted by atomic mass is 9.86. The van der Waals surface area contributed by atoms with E-state index in [-0.39, 0.29) is 12.2 Å². The van der Waals surface area contributed by atoms with Crippen LogP contribution in [0.15, 0.2) is 30.3 Å². The molecule has 0 unspecified atom stereocenters. The van der Waals surface area contributed by atoms with Gasteiger partial charge in [0.15, 0.2) is 5.13 Å². The quantitative estimate of drug-likeness (QED) is 0.176. The van der Waals surface area contributed by atoms with Crippen LogP contribution in [0.1, 0.15) is 59.5 Å². The first-order chi connectivity index (χ1) is 20.7. The highest BCUT2D eigenvalue weighted by Crippen LogP contribution is 2.43. The van der Waals surface area contributed by atoms with Crippen LogP contribution in [0, 0.1) is 12.8 Å². The number of nitrogens with zero attached hydrogens (tertiary/aromatic N) is 2. The molecule has 0 atom stereocenters. The van der Waals surface area contributed by atoms with E-state index in [4.69, 9.17) is 30.8 Å². The Morgan fingerprint density at radius 2 is 1.77 bits per heavy atom. The van der Waals surface area contributed by atoms with E-state index in [1.165, 1.54) is 48.0 Å². The van der Waals surface area contributed by atoms with Crippen LogP contribution in [0.2, 0.25) is 5.02 Å². The number of benzene rings is 2. The second-order valence-corrected chi connectivity index (χ2v) is 12.3. The van der Waals surface area contributed by atoms with Crippen molar-refractivity contribution in [2.24, 2.45) is 5.92 Å². The first-order valence-electron chi connectivity index (χ1n) is 14.4. The van der Waals surface area contributed by atoms with Crippen molar-refractivity contribution in [3.05, 3.63) is 51.5 Å². The minimum absolute atomic E-state index is 0.205. The number of thiazole rings is 1. The lowest BCUT2D eigenvalue weighted by molar-refractivity contribution is -0.137. The van der Waals surface area contributed by atoms with Crippen molar-refractivity contribution in [3.8, 4) is 28.5 Å². The number of ether oxygens (including phenoxy) is 3. The number of fused-ring (bicyclic) bond motifs is 1. The molecule has 1 aliphatic carbocycles. The molecule has 228 valence electrons. The van der Waals surface area contributed by atoms with E-state index in [2.05, 4.69) is 5.32 Å². The highest BCUT2D eigenvalue weighted by molar-refractivity contribution is 7.16. The van der Waals surface area contributed by atoms with E-state index in [0.717, 1.165) is 28.8 Å². The maximum Gasteiger partial charge on any atom is 0.323 e. The van der Waals surface area contributed by atoms with E-state index in [0.29, 0.717) is 49.9 Å². The number of anilines is 1. The Hall–Kier alpha value is -3.76. The number of halogens is 1. The summed E-state index contributed by atoms with van der Waals surface area (Å²) in [6.45, 7) is 1.50. The van der Waals surface area contributed by atoms with Gasteiger partial charge in [0, 0.05) is 21.9 Å². The van der Waals surface area contributed by atoms with Gasteiger partial charge in [-0.05, 0) is 49.4 Å². The number of methoxy groups -OCH3 is 3. The number of amides is 1. The van der Waals surface area contributed by atoms with Crippen molar-refractivity contribution in [2.45, 2.75) is 58.4 Å². The predicted octanol–water partition coefficient (Wildman–Crippen LogP) is 7.60. The van der Waals surface area contributed by atoms with Gasteiger partial charge in [-0.1, -0.05) is 49.8 Å². The van der Waals surface area contributed by atoms with Gasteiger partial charge in [-0.3, -0.25) is 14.9 Å². The summed E-state index contributed by atoms with van der Waals surface area (Å²) >= 11 is 7.81. The zero-order valence-corrected chi connectivity index (χ0v) is 26.4. The maximum absolute atomic E-state index is 13.8. The Kier molecular flexibility index (Phi) is 9.46. The van der Waals surface area contributed by atoms with Gasteiger partial charge in [-0.2, -0.15) is 0 Å². The fraction of sp³-hybridized carbons (Fsp3) is 0.406. The molecule has 0 saturated heterocycles. The van der Waals surface area contributed by atoms with E-state index in [9.17, 15) is 14.7 Å². The van der Waals surface area contributed by atoms with Gasteiger partial charge in [0.2, 0.25) is 0 Å². The van der Waals surface area contributed by atoms with E-state index < -0.39 is 11.9 Å². The molecule has 1 aliphatic rings. The molecule has 0 spiro atoms. The number of aromatic nitrogens is 2. The van der Waals surface area contributed by atoms with Gasteiger partial charge in [-0.25, -0.2) is 4.98 Å². The molecule has 9 nitrogen and oxygen atoms in total. The maximum atomic E-state index is 13.8. The number of aryl methyl sites for hydroxylation is 2. The second-order valence-electron chi connectivity index (χ2n) is 10.8. The minimum Gasteiger partial charge on any atom is -0.496 e. The van der Waals surface area contributed by atoms with Crippen LogP contribution in [0.4, 0.5) is 5.13 Å². The monoisotopic (exact) mass is 625 g/mol. The number of aliphatic carboxylic acids is 1. The van der Waals surface area contributed by atoms with Crippen molar-refractivity contribution in [1.82, 2.24) is 9.55 Å². The predicted molar refractivity (Wildman–Crippen MR) is 169 cm³/mol. The molecule has 5 rings (SSSR count).